The number of nitrogens with one attached hydrogen (secondary N) is 1. The van der Waals surface area contributed by atoms with Crippen molar-refractivity contribution >= 4 is 11.9 Å². The summed E-state index contributed by atoms with van der Waals surface area (Å²) >= 11 is 0. The van der Waals surface area contributed by atoms with Gasteiger partial charge in [-0.1, -0.05) is 20.8 Å². The van der Waals surface area contributed by atoms with Gasteiger partial charge in [-0.15, -0.1) is 0 Å². The van der Waals surface area contributed by atoms with Gasteiger partial charge in [0, 0.05) is 11.9 Å². The Hall–Kier alpha value is -1.18. The van der Waals surface area contributed by atoms with Crippen LogP contribution in [0.3, 0.4) is 0 Å². The number of hydrogen-bond acceptors (Lipinski definition) is 5. The molecule has 4 aliphatic rings. The van der Waals surface area contributed by atoms with Crippen LogP contribution in [-0.2, 0) is 9.59 Å². The number of carbonyl (C=O) groups is 2. The lowest BCUT2D eigenvalue weighted by Crippen LogP contribution is -2.62. The van der Waals surface area contributed by atoms with Crippen LogP contribution in [-0.4, -0.2) is 57.1 Å². The summed E-state index contributed by atoms with van der Waals surface area (Å²) in [5.74, 6) is -2.41. The van der Waals surface area contributed by atoms with Crippen LogP contribution in [0.4, 0.5) is 0 Å². The minimum absolute atomic E-state index is 0.0268. The van der Waals surface area contributed by atoms with Crippen LogP contribution in [0.1, 0.15) is 85.3 Å². The standard InChI is InChI=1S/C26H43NO6/c1-14(4-9-23(31)27-13-24(32)33)18-7-8-19-17-6-5-15-10-16(28)11-21(29)25(15,2)20(17)12-22(30)26(18,19)3/h14-22,28-30H,4-13H2,1-3H3,(H,27,31)(H,32,33)/t14-,15-,16+,17?,18-,19?,20?,21-,22+,25+,26-/m1/s1/i10D2,11D2,16D. The third-order valence-electron chi connectivity index (χ3n) is 10.1. The van der Waals surface area contributed by atoms with Crippen molar-refractivity contribution in [3.63, 3.8) is 0 Å². The molecule has 0 aromatic heterocycles. The lowest BCUT2D eigenvalue weighted by Gasteiger charge is -2.63. The van der Waals surface area contributed by atoms with Gasteiger partial charge in [-0.2, -0.15) is 0 Å². The topological polar surface area (TPSA) is 127 Å². The van der Waals surface area contributed by atoms with Crippen molar-refractivity contribution in [2.24, 2.45) is 46.3 Å². The van der Waals surface area contributed by atoms with Crippen LogP contribution in [0.2, 0.25) is 0 Å². The second kappa shape index (κ2) is 9.12. The van der Waals surface area contributed by atoms with E-state index < -0.39 is 60.3 Å². The number of hydrogen-bond donors (Lipinski definition) is 5. The summed E-state index contributed by atoms with van der Waals surface area (Å²) in [6.07, 6.45) is -7.52. The van der Waals surface area contributed by atoms with Crippen LogP contribution in [0.25, 0.3) is 0 Å². The van der Waals surface area contributed by atoms with E-state index in [2.05, 4.69) is 19.2 Å². The Morgan fingerprint density at radius 3 is 2.48 bits per heavy atom. The van der Waals surface area contributed by atoms with Crippen LogP contribution in [0.15, 0.2) is 0 Å². The molecule has 4 fully saturated rings. The number of fused-ring (bicyclic) bond motifs is 5. The third-order valence-corrected chi connectivity index (χ3v) is 10.1. The molecule has 4 saturated carbocycles. The van der Waals surface area contributed by atoms with E-state index in [1.165, 1.54) is 0 Å². The molecule has 0 radical (unpaired) electrons. The molecule has 0 aromatic carbocycles. The molecule has 0 aliphatic heterocycles. The lowest BCUT2D eigenvalue weighted by molar-refractivity contribution is -0.207. The number of aliphatic hydroxyl groups is 3. The molecule has 3 unspecified atom stereocenters. The van der Waals surface area contributed by atoms with Crippen LogP contribution in [0.5, 0.6) is 0 Å². The SMILES string of the molecule is [2H]C1([2H])[C@@H](O)[C@]2(C)C3C[C@H](O)[C@@]4(C)C(CC[C@@H]4[C@H](C)CCC(=O)NCC(=O)O)C3CC[C@@H]2C([2H])([2H])[C@]1([2H])O. The first-order valence-electron chi connectivity index (χ1n) is 14.9. The molecule has 0 heterocycles. The monoisotopic (exact) mass is 470 g/mol. The van der Waals surface area contributed by atoms with E-state index in [4.69, 9.17) is 12.0 Å². The fraction of sp³-hybridized carbons (Fsp3) is 0.923. The number of rotatable bonds is 6. The summed E-state index contributed by atoms with van der Waals surface area (Å²) in [4.78, 5) is 22.8. The van der Waals surface area contributed by atoms with Gasteiger partial charge >= 0.3 is 5.97 Å². The second-order valence-electron chi connectivity index (χ2n) is 11.4. The molecule has 7 nitrogen and oxygen atoms in total. The largest absolute Gasteiger partial charge is 0.480 e. The highest BCUT2D eigenvalue weighted by atomic mass is 16.4. The summed E-state index contributed by atoms with van der Waals surface area (Å²) in [5, 5.41) is 44.9. The molecule has 188 valence electrons. The number of carbonyl (C=O) groups excluding carboxylic acids is 1. The maximum atomic E-state index is 12.1. The van der Waals surface area contributed by atoms with E-state index in [9.17, 15) is 24.9 Å². The predicted octanol–water partition coefficient (Wildman–Crippen LogP) is 2.56. The normalized spacial score (nSPS) is 55.2. The van der Waals surface area contributed by atoms with E-state index in [-0.39, 0.29) is 48.3 Å². The number of carboxylic acid groups (broad SMARTS) is 1. The zero-order chi connectivity index (χ0) is 28.6. The first kappa shape index (κ1) is 19.1. The summed E-state index contributed by atoms with van der Waals surface area (Å²) in [7, 11) is 0. The number of amides is 1. The van der Waals surface area contributed by atoms with Gasteiger partial charge in [0.15, 0.2) is 0 Å². The van der Waals surface area contributed by atoms with Crippen molar-refractivity contribution in [1.82, 2.24) is 5.32 Å². The highest BCUT2D eigenvalue weighted by Gasteiger charge is 2.65. The van der Waals surface area contributed by atoms with Crippen molar-refractivity contribution in [3.8, 4) is 0 Å². The molecule has 4 aliphatic carbocycles. The molecule has 0 saturated heterocycles. The average molecular weight is 471 g/mol. The Bertz CT molecular complexity index is 964. The zero-order valence-electron chi connectivity index (χ0n) is 24.9. The van der Waals surface area contributed by atoms with E-state index in [1.54, 1.807) is 6.92 Å². The zero-order valence-corrected chi connectivity index (χ0v) is 19.9. The molecular formula is C26H43NO6. The van der Waals surface area contributed by atoms with Gasteiger partial charge in [-0.25, -0.2) is 0 Å². The Labute approximate surface area is 204 Å². The van der Waals surface area contributed by atoms with Gasteiger partial charge in [0.25, 0.3) is 0 Å². The minimum Gasteiger partial charge on any atom is -0.480 e. The molecule has 0 bridgehead atoms. The summed E-state index contributed by atoms with van der Waals surface area (Å²) in [6.45, 7) is 5.41. The molecule has 0 spiro atoms. The first-order valence-corrected chi connectivity index (χ1v) is 12.4. The molecule has 0 aromatic rings. The molecule has 5 N–H and O–H groups in total. The lowest BCUT2D eigenvalue weighted by atomic mass is 9.43. The van der Waals surface area contributed by atoms with Crippen molar-refractivity contribution in [2.45, 2.75) is 96.8 Å². The third kappa shape index (κ3) is 4.12. The Balaban J connectivity index is 1.58. The molecule has 4 rings (SSSR count). The van der Waals surface area contributed by atoms with Gasteiger partial charge in [0.2, 0.25) is 5.91 Å². The highest BCUT2D eigenvalue weighted by molar-refractivity contribution is 5.81. The molecule has 11 atom stereocenters. The van der Waals surface area contributed by atoms with E-state index in [1.807, 2.05) is 0 Å². The molecular weight excluding hydrogens is 422 g/mol. The van der Waals surface area contributed by atoms with Crippen LogP contribution < -0.4 is 5.32 Å². The Morgan fingerprint density at radius 1 is 1.06 bits per heavy atom. The molecule has 1 amide bonds. The minimum atomic E-state index is -3.11. The molecule has 33 heavy (non-hydrogen) atoms. The quantitative estimate of drug-likeness (QED) is 0.406. The molecule has 7 heteroatoms. The second-order valence-corrected chi connectivity index (χ2v) is 11.4. The number of aliphatic carboxylic acids is 1. The van der Waals surface area contributed by atoms with Crippen molar-refractivity contribution in [3.05, 3.63) is 0 Å². The maximum Gasteiger partial charge on any atom is 0.322 e. The summed E-state index contributed by atoms with van der Waals surface area (Å²) in [6, 6.07) is 0. The maximum absolute atomic E-state index is 12.1. The first-order chi connectivity index (χ1) is 17.4. The number of carboxylic acids is 1. The summed E-state index contributed by atoms with van der Waals surface area (Å²) < 4.78 is 42.3. The fourth-order valence-corrected chi connectivity index (χ4v) is 8.25. The van der Waals surface area contributed by atoms with Gasteiger partial charge in [-0.05, 0) is 97.6 Å². The van der Waals surface area contributed by atoms with E-state index in [0.29, 0.717) is 19.3 Å². The van der Waals surface area contributed by atoms with Gasteiger partial charge in [0.1, 0.15) is 6.54 Å². The van der Waals surface area contributed by atoms with E-state index in [0.717, 1.165) is 12.8 Å². The Morgan fingerprint density at radius 2 is 1.79 bits per heavy atom. The van der Waals surface area contributed by atoms with Crippen LogP contribution >= 0.6 is 0 Å². The smallest absolute Gasteiger partial charge is 0.322 e. The van der Waals surface area contributed by atoms with Crippen molar-refractivity contribution < 1.29 is 36.9 Å². The van der Waals surface area contributed by atoms with Crippen LogP contribution in [0, 0.1) is 46.3 Å². The van der Waals surface area contributed by atoms with Crippen molar-refractivity contribution in [1.29, 1.82) is 0 Å². The van der Waals surface area contributed by atoms with Gasteiger partial charge in [-0.3, -0.25) is 9.59 Å². The van der Waals surface area contributed by atoms with Gasteiger partial charge < -0.3 is 25.7 Å². The number of aliphatic hydroxyl groups excluding tert-OH is 2. The average Bonchev–Trinajstić information content (AvgIpc) is 3.19. The Kier molecular flexibility index (Phi) is 5.27. The summed E-state index contributed by atoms with van der Waals surface area (Å²) in [5.41, 5.74) is -1.73. The predicted molar refractivity (Wildman–Crippen MR) is 123 cm³/mol. The van der Waals surface area contributed by atoms with Gasteiger partial charge in [0.05, 0.1) is 19.7 Å². The van der Waals surface area contributed by atoms with Crippen molar-refractivity contribution in [2.75, 3.05) is 6.54 Å². The highest BCUT2D eigenvalue weighted by Crippen LogP contribution is 2.68. The fourth-order valence-electron chi connectivity index (χ4n) is 8.25. The van der Waals surface area contributed by atoms with E-state index >= 15 is 0 Å².